The van der Waals surface area contributed by atoms with Gasteiger partial charge < -0.3 is 14.8 Å². The molecule has 0 spiro atoms. The van der Waals surface area contributed by atoms with E-state index in [2.05, 4.69) is 35.1 Å². The molecule has 0 saturated carbocycles. The van der Waals surface area contributed by atoms with Gasteiger partial charge in [-0.3, -0.25) is 4.79 Å². The van der Waals surface area contributed by atoms with Crippen LogP contribution in [0.25, 0.3) is 0 Å². The summed E-state index contributed by atoms with van der Waals surface area (Å²) in [5, 5.41) is 3.57. The number of carbonyl (C=O) groups excluding carboxylic acids is 1. The summed E-state index contributed by atoms with van der Waals surface area (Å²) in [6.45, 7) is 4.58. The zero-order chi connectivity index (χ0) is 18.4. The fourth-order valence-electron chi connectivity index (χ4n) is 1.93. The Morgan fingerprint density at radius 1 is 1.20 bits per heavy atom. The van der Waals surface area contributed by atoms with Crippen LogP contribution in [0, 0.1) is 5.92 Å². The lowest BCUT2D eigenvalue weighted by Gasteiger charge is -2.12. The molecular formula is C18H18BrCl2NO3. The maximum absolute atomic E-state index is 12.1. The second-order valence-electron chi connectivity index (χ2n) is 5.77. The lowest BCUT2D eigenvalue weighted by molar-refractivity contribution is -0.118. The van der Waals surface area contributed by atoms with E-state index in [1.165, 1.54) is 0 Å². The summed E-state index contributed by atoms with van der Waals surface area (Å²) in [4.78, 5) is 12.1. The van der Waals surface area contributed by atoms with Crippen LogP contribution >= 0.6 is 39.1 Å². The van der Waals surface area contributed by atoms with Crippen molar-refractivity contribution in [3.63, 3.8) is 0 Å². The third-order valence-electron chi connectivity index (χ3n) is 3.01. The number of benzene rings is 2. The number of hydrogen-bond donors (Lipinski definition) is 1. The van der Waals surface area contributed by atoms with Gasteiger partial charge >= 0.3 is 0 Å². The molecule has 2 aromatic carbocycles. The van der Waals surface area contributed by atoms with Crippen molar-refractivity contribution in [2.75, 3.05) is 18.5 Å². The first-order chi connectivity index (χ1) is 11.8. The van der Waals surface area contributed by atoms with Gasteiger partial charge in [-0.1, -0.05) is 43.1 Å². The predicted molar refractivity (Wildman–Crippen MR) is 105 cm³/mol. The van der Waals surface area contributed by atoms with E-state index < -0.39 is 0 Å². The summed E-state index contributed by atoms with van der Waals surface area (Å²) in [7, 11) is 0. The number of anilines is 1. The van der Waals surface area contributed by atoms with Gasteiger partial charge in [0, 0.05) is 16.8 Å². The Morgan fingerprint density at radius 2 is 1.96 bits per heavy atom. The molecule has 2 aromatic rings. The molecule has 0 aromatic heterocycles. The van der Waals surface area contributed by atoms with Crippen molar-refractivity contribution in [2.45, 2.75) is 13.8 Å². The topological polar surface area (TPSA) is 47.6 Å². The van der Waals surface area contributed by atoms with Crippen molar-refractivity contribution >= 4 is 50.7 Å². The molecule has 2 rings (SSSR count). The van der Waals surface area contributed by atoms with E-state index in [0.717, 1.165) is 0 Å². The summed E-state index contributed by atoms with van der Waals surface area (Å²) < 4.78 is 11.7. The number of halogens is 3. The number of nitrogens with one attached hydrogen (secondary N) is 1. The average Bonchev–Trinajstić information content (AvgIpc) is 2.52. The van der Waals surface area contributed by atoms with Crippen LogP contribution in [0.1, 0.15) is 13.8 Å². The predicted octanol–water partition coefficient (Wildman–Crippen LogP) is 5.81. The first kappa shape index (κ1) is 19.9. The Morgan fingerprint density at radius 3 is 2.64 bits per heavy atom. The zero-order valence-electron chi connectivity index (χ0n) is 13.8. The summed E-state index contributed by atoms with van der Waals surface area (Å²) in [6.07, 6.45) is 0. The fraction of sp³-hybridized carbons (Fsp3) is 0.278. The van der Waals surface area contributed by atoms with Gasteiger partial charge in [-0.2, -0.15) is 0 Å². The summed E-state index contributed by atoms with van der Waals surface area (Å²) in [5.74, 6) is 1.19. The minimum Gasteiger partial charge on any atom is -0.493 e. The SMILES string of the molecule is CC(C)COc1cccc(NC(=O)COc2c(Cl)cc(Cl)cc2Br)c1. The first-order valence-corrected chi connectivity index (χ1v) is 9.20. The van der Waals surface area contributed by atoms with E-state index in [9.17, 15) is 4.79 Å². The summed E-state index contributed by atoms with van der Waals surface area (Å²) in [6, 6.07) is 10.4. The Balaban J connectivity index is 1.93. The highest BCUT2D eigenvalue weighted by Gasteiger charge is 2.11. The highest BCUT2D eigenvalue weighted by molar-refractivity contribution is 9.10. The van der Waals surface area contributed by atoms with Crippen molar-refractivity contribution < 1.29 is 14.3 Å². The van der Waals surface area contributed by atoms with E-state index in [4.69, 9.17) is 32.7 Å². The number of rotatable bonds is 7. The molecule has 0 saturated heterocycles. The third kappa shape index (κ3) is 6.42. The van der Waals surface area contributed by atoms with Crippen molar-refractivity contribution in [1.29, 1.82) is 0 Å². The van der Waals surface area contributed by atoms with E-state index in [1.807, 2.05) is 12.1 Å². The monoisotopic (exact) mass is 445 g/mol. The Hall–Kier alpha value is -1.43. The highest BCUT2D eigenvalue weighted by Crippen LogP contribution is 2.36. The number of hydrogen-bond acceptors (Lipinski definition) is 3. The van der Waals surface area contributed by atoms with Crippen molar-refractivity contribution in [3.05, 3.63) is 50.9 Å². The lowest BCUT2D eigenvalue weighted by Crippen LogP contribution is -2.20. The molecule has 134 valence electrons. The van der Waals surface area contributed by atoms with E-state index in [-0.39, 0.29) is 12.5 Å². The number of amides is 1. The quantitative estimate of drug-likeness (QED) is 0.583. The average molecular weight is 447 g/mol. The van der Waals surface area contributed by atoms with E-state index >= 15 is 0 Å². The van der Waals surface area contributed by atoms with Crippen LogP contribution in [-0.4, -0.2) is 19.1 Å². The molecule has 4 nitrogen and oxygen atoms in total. The molecule has 0 heterocycles. The molecule has 0 unspecified atom stereocenters. The van der Waals surface area contributed by atoms with E-state index in [1.54, 1.807) is 24.3 Å². The zero-order valence-corrected chi connectivity index (χ0v) is 16.9. The van der Waals surface area contributed by atoms with Gasteiger partial charge in [0.25, 0.3) is 5.91 Å². The fourth-order valence-corrected chi connectivity index (χ4v) is 3.30. The summed E-state index contributed by atoms with van der Waals surface area (Å²) in [5.41, 5.74) is 0.635. The van der Waals surface area contributed by atoms with Crippen LogP contribution in [-0.2, 0) is 4.79 Å². The molecule has 25 heavy (non-hydrogen) atoms. The molecule has 0 aliphatic carbocycles. The third-order valence-corrected chi connectivity index (χ3v) is 4.10. The van der Waals surface area contributed by atoms with Gasteiger partial charge in [0.15, 0.2) is 12.4 Å². The largest absolute Gasteiger partial charge is 0.493 e. The van der Waals surface area contributed by atoms with Crippen LogP contribution in [0.15, 0.2) is 40.9 Å². The van der Waals surface area contributed by atoms with Gasteiger partial charge in [0.05, 0.1) is 16.1 Å². The van der Waals surface area contributed by atoms with Gasteiger partial charge in [-0.25, -0.2) is 0 Å². The van der Waals surface area contributed by atoms with Gasteiger partial charge in [-0.15, -0.1) is 0 Å². The van der Waals surface area contributed by atoms with Crippen LogP contribution in [0.3, 0.4) is 0 Å². The van der Waals surface area contributed by atoms with Crippen molar-refractivity contribution in [2.24, 2.45) is 5.92 Å². The Bertz CT molecular complexity index is 730. The molecular weight excluding hydrogens is 429 g/mol. The number of ether oxygens (including phenoxy) is 2. The first-order valence-electron chi connectivity index (χ1n) is 7.65. The van der Waals surface area contributed by atoms with Gasteiger partial charge in [0.1, 0.15) is 5.75 Å². The minimum atomic E-state index is -0.307. The normalized spacial score (nSPS) is 10.6. The molecule has 0 aliphatic rings. The minimum absolute atomic E-state index is 0.184. The van der Waals surface area contributed by atoms with Crippen LogP contribution in [0.5, 0.6) is 11.5 Å². The smallest absolute Gasteiger partial charge is 0.262 e. The van der Waals surface area contributed by atoms with Crippen LogP contribution < -0.4 is 14.8 Å². The molecule has 0 aliphatic heterocycles. The molecule has 0 radical (unpaired) electrons. The molecule has 1 N–H and O–H groups in total. The van der Waals surface area contributed by atoms with Crippen molar-refractivity contribution in [3.8, 4) is 11.5 Å². The van der Waals surface area contributed by atoms with Crippen molar-refractivity contribution in [1.82, 2.24) is 0 Å². The molecule has 0 fully saturated rings. The molecule has 0 atom stereocenters. The van der Waals surface area contributed by atoms with Crippen LogP contribution in [0.2, 0.25) is 10.0 Å². The Labute approximate surface area is 165 Å². The second-order valence-corrected chi connectivity index (χ2v) is 7.47. The van der Waals surface area contributed by atoms with E-state index in [0.29, 0.717) is 44.2 Å². The van der Waals surface area contributed by atoms with Gasteiger partial charge in [-0.05, 0) is 46.1 Å². The maximum Gasteiger partial charge on any atom is 0.262 e. The summed E-state index contributed by atoms with van der Waals surface area (Å²) >= 11 is 15.3. The standard InChI is InChI=1S/C18H18BrCl2NO3/c1-11(2)9-24-14-5-3-4-13(8-14)22-17(23)10-25-18-15(19)6-12(20)7-16(18)21/h3-8,11H,9-10H2,1-2H3,(H,22,23). The van der Waals surface area contributed by atoms with Crippen LogP contribution in [0.4, 0.5) is 5.69 Å². The Kier molecular flexibility index (Phi) is 7.41. The highest BCUT2D eigenvalue weighted by atomic mass is 79.9. The maximum atomic E-state index is 12.1. The number of carbonyl (C=O) groups is 1. The molecule has 7 heteroatoms. The molecule has 1 amide bonds. The van der Waals surface area contributed by atoms with Gasteiger partial charge in [0.2, 0.25) is 0 Å². The molecule has 0 bridgehead atoms. The second kappa shape index (κ2) is 9.32. The lowest BCUT2D eigenvalue weighted by atomic mass is 10.2.